The molecule has 8 heavy (non-hydrogen) atoms. The lowest BCUT2D eigenvalue weighted by atomic mass is 10.4. The summed E-state index contributed by atoms with van der Waals surface area (Å²) < 4.78 is 0.878. The van der Waals surface area contributed by atoms with Crippen molar-refractivity contribution in [3.05, 3.63) is 17.4 Å². The highest BCUT2D eigenvalue weighted by Crippen LogP contribution is 2.05. The molecule has 44 valence electrons. The predicted octanol–water partition coefficient (Wildman–Crippen LogP) is 1.18. The highest BCUT2D eigenvalue weighted by Gasteiger charge is 1.96. The lowest BCUT2D eigenvalue weighted by Crippen LogP contribution is -1.89. The highest BCUT2D eigenvalue weighted by atomic mass is 32.2. The SMILES string of the molecule is [O-][N+]1=CC=CCCS1. The van der Waals surface area contributed by atoms with E-state index in [1.54, 1.807) is 6.08 Å². The quantitative estimate of drug-likeness (QED) is 0.279. The first kappa shape index (κ1) is 5.69. The van der Waals surface area contributed by atoms with Crippen molar-refractivity contribution >= 4 is 18.2 Å². The van der Waals surface area contributed by atoms with Crippen molar-refractivity contribution in [2.45, 2.75) is 6.42 Å². The van der Waals surface area contributed by atoms with E-state index >= 15 is 0 Å². The molecule has 2 nitrogen and oxygen atoms in total. The molecule has 1 aliphatic rings. The molecular weight excluding hydrogens is 122 g/mol. The van der Waals surface area contributed by atoms with Gasteiger partial charge in [0.05, 0.1) is 5.75 Å². The largest absolute Gasteiger partial charge is 0.611 e. The molecule has 0 aromatic rings. The van der Waals surface area contributed by atoms with E-state index in [0.717, 1.165) is 16.3 Å². The van der Waals surface area contributed by atoms with E-state index in [0.29, 0.717) is 0 Å². The summed E-state index contributed by atoms with van der Waals surface area (Å²) >= 11 is 1.30. The summed E-state index contributed by atoms with van der Waals surface area (Å²) in [5.41, 5.74) is 0. The van der Waals surface area contributed by atoms with E-state index in [2.05, 4.69) is 0 Å². The van der Waals surface area contributed by atoms with Crippen LogP contribution in [0.4, 0.5) is 0 Å². The van der Waals surface area contributed by atoms with Crippen LogP contribution in [0.15, 0.2) is 12.2 Å². The molecule has 0 saturated heterocycles. The Labute approximate surface area is 52.6 Å². The molecule has 0 N–H and O–H groups in total. The van der Waals surface area contributed by atoms with Crippen molar-refractivity contribution in [2.75, 3.05) is 5.75 Å². The maximum absolute atomic E-state index is 10.5. The molecule has 0 bridgehead atoms. The molecule has 0 aliphatic carbocycles. The van der Waals surface area contributed by atoms with Gasteiger partial charge in [0.2, 0.25) is 0 Å². The number of hydrogen-bond donors (Lipinski definition) is 0. The Kier molecular flexibility index (Phi) is 1.97. The van der Waals surface area contributed by atoms with Crippen LogP contribution in [0.1, 0.15) is 6.42 Å². The third-order valence-electron chi connectivity index (χ3n) is 0.847. The Morgan fingerprint density at radius 2 is 2.50 bits per heavy atom. The molecule has 0 atom stereocenters. The van der Waals surface area contributed by atoms with Gasteiger partial charge in [-0.2, -0.15) is 0 Å². The lowest BCUT2D eigenvalue weighted by molar-refractivity contribution is -0.250. The van der Waals surface area contributed by atoms with E-state index in [-0.39, 0.29) is 0 Å². The zero-order valence-electron chi connectivity index (χ0n) is 4.41. The number of hydrogen-bond acceptors (Lipinski definition) is 2. The predicted molar refractivity (Wildman–Crippen MR) is 35.9 cm³/mol. The second-order valence-corrected chi connectivity index (χ2v) is 2.51. The van der Waals surface area contributed by atoms with Gasteiger partial charge in [-0.05, 0) is 12.5 Å². The molecular formula is C5H7NOS. The van der Waals surface area contributed by atoms with Gasteiger partial charge in [0.1, 0.15) is 0 Å². The van der Waals surface area contributed by atoms with Crippen LogP contribution in [-0.4, -0.2) is 16.1 Å². The van der Waals surface area contributed by atoms with Crippen LogP contribution in [0, 0.1) is 5.21 Å². The molecule has 0 radical (unpaired) electrons. The Morgan fingerprint density at radius 3 is 3.38 bits per heavy atom. The van der Waals surface area contributed by atoms with Crippen molar-refractivity contribution in [3.8, 4) is 0 Å². The molecule has 3 heteroatoms. The van der Waals surface area contributed by atoms with E-state index < -0.39 is 0 Å². The fourth-order valence-electron chi connectivity index (χ4n) is 0.481. The third-order valence-corrected chi connectivity index (χ3v) is 1.64. The van der Waals surface area contributed by atoms with Crippen molar-refractivity contribution in [1.29, 1.82) is 0 Å². The maximum Gasteiger partial charge on any atom is 0.189 e. The molecule has 1 rings (SSSR count). The van der Waals surface area contributed by atoms with Gasteiger partial charge in [-0.25, -0.2) is 0 Å². The van der Waals surface area contributed by atoms with Gasteiger partial charge in [-0.1, -0.05) is 6.08 Å². The molecule has 0 unspecified atom stereocenters. The smallest absolute Gasteiger partial charge is 0.189 e. The van der Waals surface area contributed by atoms with Crippen LogP contribution < -0.4 is 0 Å². The van der Waals surface area contributed by atoms with Gasteiger partial charge in [0, 0.05) is 0 Å². The van der Waals surface area contributed by atoms with E-state index in [9.17, 15) is 5.21 Å². The fraction of sp³-hybridized carbons (Fsp3) is 0.400. The molecule has 0 aromatic carbocycles. The average Bonchev–Trinajstić information content (AvgIpc) is 1.94. The number of rotatable bonds is 0. The topological polar surface area (TPSA) is 26.1 Å². The van der Waals surface area contributed by atoms with Gasteiger partial charge in [-0.3, -0.25) is 0 Å². The van der Waals surface area contributed by atoms with E-state index in [1.165, 1.54) is 18.2 Å². The normalized spacial score (nSPS) is 19.8. The Balaban J connectivity index is 2.52. The Morgan fingerprint density at radius 1 is 1.62 bits per heavy atom. The summed E-state index contributed by atoms with van der Waals surface area (Å²) in [7, 11) is 0. The first-order chi connectivity index (χ1) is 3.89. The van der Waals surface area contributed by atoms with Gasteiger partial charge in [0.25, 0.3) is 0 Å². The Bertz CT molecular complexity index is 130. The van der Waals surface area contributed by atoms with Gasteiger partial charge in [0.15, 0.2) is 18.2 Å². The molecule has 0 fully saturated rings. The number of allylic oxidation sites excluding steroid dienone is 2. The first-order valence-corrected chi connectivity index (χ1v) is 3.43. The van der Waals surface area contributed by atoms with Crippen molar-refractivity contribution in [1.82, 2.24) is 0 Å². The Hall–Kier alpha value is -0.440. The zero-order valence-corrected chi connectivity index (χ0v) is 5.23. The fourth-order valence-corrected chi connectivity index (χ4v) is 1.06. The highest BCUT2D eigenvalue weighted by molar-refractivity contribution is 7.93. The summed E-state index contributed by atoms with van der Waals surface area (Å²) in [5.74, 6) is 0.899. The van der Waals surface area contributed by atoms with Crippen molar-refractivity contribution < 1.29 is 4.14 Å². The molecule has 0 saturated carbocycles. The molecule has 0 spiro atoms. The minimum Gasteiger partial charge on any atom is -0.611 e. The average molecular weight is 129 g/mol. The lowest BCUT2D eigenvalue weighted by Gasteiger charge is -1.93. The summed E-state index contributed by atoms with van der Waals surface area (Å²) in [4.78, 5) is 0. The zero-order chi connectivity index (χ0) is 5.82. The molecule has 1 aliphatic heterocycles. The minimum atomic E-state index is 0.878. The second kappa shape index (κ2) is 2.77. The molecule has 0 amide bonds. The van der Waals surface area contributed by atoms with Crippen molar-refractivity contribution in [3.63, 3.8) is 0 Å². The monoisotopic (exact) mass is 129 g/mol. The molecule has 0 aromatic heterocycles. The van der Waals surface area contributed by atoms with Gasteiger partial charge >= 0.3 is 0 Å². The number of nitrogens with zero attached hydrogens (tertiary/aromatic N) is 1. The summed E-state index contributed by atoms with van der Waals surface area (Å²) in [6.07, 6.45) is 6.30. The van der Waals surface area contributed by atoms with Crippen molar-refractivity contribution in [2.24, 2.45) is 0 Å². The van der Waals surface area contributed by atoms with Crippen LogP contribution in [0.5, 0.6) is 0 Å². The van der Waals surface area contributed by atoms with E-state index in [1.807, 2.05) is 6.08 Å². The van der Waals surface area contributed by atoms with Gasteiger partial charge < -0.3 is 5.21 Å². The summed E-state index contributed by atoms with van der Waals surface area (Å²) in [5, 5.41) is 10.5. The molecule has 1 heterocycles. The van der Waals surface area contributed by atoms with E-state index in [4.69, 9.17) is 0 Å². The maximum atomic E-state index is 10.5. The minimum absolute atomic E-state index is 0.878. The summed E-state index contributed by atoms with van der Waals surface area (Å²) in [6, 6.07) is 0. The second-order valence-electron chi connectivity index (χ2n) is 1.48. The third kappa shape index (κ3) is 1.58. The van der Waals surface area contributed by atoms with Crippen LogP contribution in [0.25, 0.3) is 0 Å². The summed E-state index contributed by atoms with van der Waals surface area (Å²) in [6.45, 7) is 0. The van der Waals surface area contributed by atoms with Crippen LogP contribution >= 0.6 is 11.9 Å². The van der Waals surface area contributed by atoms with Crippen LogP contribution in [0.3, 0.4) is 0 Å². The van der Waals surface area contributed by atoms with Crippen LogP contribution in [0.2, 0.25) is 0 Å². The first-order valence-electron chi connectivity index (χ1n) is 2.49. The van der Waals surface area contributed by atoms with Crippen LogP contribution in [-0.2, 0) is 0 Å². The standard InChI is InChI=1S/C5H7NOS/c7-6-4-2-1-3-5-8-6/h1-2,4H,3,5H2. The van der Waals surface area contributed by atoms with Gasteiger partial charge in [-0.15, -0.1) is 4.14 Å².